The van der Waals surface area contributed by atoms with Crippen molar-refractivity contribution in [2.45, 2.75) is 57.2 Å². The van der Waals surface area contributed by atoms with Crippen LogP contribution in [0.3, 0.4) is 0 Å². The molecule has 3 aromatic rings. The second-order valence-electron chi connectivity index (χ2n) is 9.59. The predicted molar refractivity (Wildman–Crippen MR) is 128 cm³/mol. The van der Waals surface area contributed by atoms with Crippen molar-refractivity contribution in [2.24, 2.45) is 11.8 Å². The number of aromatic nitrogens is 3. The van der Waals surface area contributed by atoms with Gasteiger partial charge in [0.1, 0.15) is 5.69 Å². The molecule has 0 bridgehead atoms. The number of pyridine rings is 1. The number of halogens is 4. The summed E-state index contributed by atoms with van der Waals surface area (Å²) in [5, 5.41) is 7.45. The molecule has 1 fully saturated rings. The number of carbonyl (C=O) groups is 1. The number of anilines is 1. The van der Waals surface area contributed by atoms with E-state index in [9.17, 15) is 18.0 Å². The zero-order chi connectivity index (χ0) is 24.6. The summed E-state index contributed by atoms with van der Waals surface area (Å²) in [5.74, 6) is 0.380. The van der Waals surface area contributed by atoms with E-state index in [2.05, 4.69) is 25.6 Å². The number of rotatable bonds is 5. The Balaban J connectivity index is 1.16. The standard InChI is InChI=1S/C25H27ClF3N5O/c26-16-4-8-19-18(10-16)21(11-23(34-19)25(27,28)29)30-12-14-1-5-17(6-2-14)33-24(35)15-3-7-20-22(9-15)32-13-31-20/h4,8,10-11,13-15,17H,1-3,5-7,9,12H2,(H,30,34)(H,31,32)(H,33,35). The van der Waals surface area contributed by atoms with Crippen LogP contribution in [-0.2, 0) is 23.8 Å². The van der Waals surface area contributed by atoms with E-state index in [0.717, 1.165) is 56.0 Å². The Hall–Kier alpha value is -2.81. The van der Waals surface area contributed by atoms with Gasteiger partial charge in [0.25, 0.3) is 0 Å². The number of hydrogen-bond acceptors (Lipinski definition) is 4. The summed E-state index contributed by atoms with van der Waals surface area (Å²) in [6.45, 7) is 0.550. The summed E-state index contributed by atoms with van der Waals surface area (Å²) >= 11 is 6.08. The van der Waals surface area contributed by atoms with Crippen LogP contribution in [0.2, 0.25) is 5.02 Å². The van der Waals surface area contributed by atoms with Crippen LogP contribution in [0.5, 0.6) is 0 Å². The summed E-state index contributed by atoms with van der Waals surface area (Å²) in [4.78, 5) is 24.0. The molecule has 35 heavy (non-hydrogen) atoms. The number of H-pyrrole nitrogens is 1. The molecule has 2 aromatic heterocycles. The SMILES string of the molecule is O=C(NC1CCC(CNc2cc(C(F)(F)F)nc3ccc(Cl)cc23)CC1)C1CCc2nc[nH]c2C1. The Morgan fingerprint density at radius 2 is 1.94 bits per heavy atom. The lowest BCUT2D eigenvalue weighted by molar-refractivity contribution is -0.140. The van der Waals surface area contributed by atoms with Gasteiger partial charge < -0.3 is 15.6 Å². The van der Waals surface area contributed by atoms with Gasteiger partial charge >= 0.3 is 6.18 Å². The van der Waals surface area contributed by atoms with Crippen LogP contribution >= 0.6 is 11.6 Å². The topological polar surface area (TPSA) is 82.7 Å². The van der Waals surface area contributed by atoms with Crippen molar-refractivity contribution in [1.29, 1.82) is 0 Å². The Morgan fingerprint density at radius 3 is 2.71 bits per heavy atom. The second-order valence-corrected chi connectivity index (χ2v) is 10.0. The van der Waals surface area contributed by atoms with Crippen LogP contribution in [0.1, 0.15) is 49.2 Å². The van der Waals surface area contributed by atoms with Gasteiger partial charge in [-0.25, -0.2) is 9.97 Å². The summed E-state index contributed by atoms with van der Waals surface area (Å²) in [7, 11) is 0. The number of alkyl halides is 3. The lowest BCUT2D eigenvalue weighted by Crippen LogP contribution is -2.42. The zero-order valence-electron chi connectivity index (χ0n) is 19.1. The molecule has 0 saturated heterocycles. The lowest BCUT2D eigenvalue weighted by Gasteiger charge is -2.31. The molecule has 1 atom stereocenters. The Bertz CT molecular complexity index is 1220. The van der Waals surface area contributed by atoms with Gasteiger partial charge in [-0.1, -0.05) is 11.6 Å². The van der Waals surface area contributed by atoms with Crippen molar-refractivity contribution in [2.75, 3.05) is 11.9 Å². The molecular weight excluding hydrogens is 479 g/mol. The van der Waals surface area contributed by atoms with E-state index in [1.807, 2.05) is 0 Å². The summed E-state index contributed by atoms with van der Waals surface area (Å²) in [6.07, 6.45) is 2.99. The van der Waals surface area contributed by atoms with Gasteiger partial charge in [0, 0.05) is 46.7 Å². The second kappa shape index (κ2) is 9.68. The molecule has 0 spiro atoms. The third-order valence-electron chi connectivity index (χ3n) is 7.19. The highest BCUT2D eigenvalue weighted by molar-refractivity contribution is 6.31. The molecule has 6 nitrogen and oxygen atoms in total. The fraction of sp³-hybridized carbons (Fsp3) is 0.480. The average molecular weight is 506 g/mol. The highest BCUT2D eigenvalue weighted by Crippen LogP contribution is 2.35. The summed E-state index contributed by atoms with van der Waals surface area (Å²) < 4.78 is 40.1. The minimum Gasteiger partial charge on any atom is -0.384 e. The number of carbonyl (C=O) groups excluding carboxylic acids is 1. The van der Waals surface area contributed by atoms with Gasteiger partial charge in [-0.2, -0.15) is 13.2 Å². The molecule has 3 N–H and O–H groups in total. The van der Waals surface area contributed by atoms with Crippen LogP contribution in [0.15, 0.2) is 30.6 Å². The fourth-order valence-corrected chi connectivity index (χ4v) is 5.37. The number of nitrogens with zero attached hydrogens (tertiary/aromatic N) is 2. The molecular formula is C25H27ClF3N5O. The molecule has 0 aliphatic heterocycles. The van der Waals surface area contributed by atoms with Gasteiger partial charge in [-0.3, -0.25) is 4.79 Å². The van der Waals surface area contributed by atoms with Gasteiger partial charge in [-0.15, -0.1) is 0 Å². The molecule has 10 heteroatoms. The molecule has 1 aromatic carbocycles. The van der Waals surface area contributed by atoms with Gasteiger partial charge in [0.05, 0.1) is 17.5 Å². The molecule has 2 heterocycles. The van der Waals surface area contributed by atoms with Crippen molar-refractivity contribution < 1.29 is 18.0 Å². The van der Waals surface area contributed by atoms with Crippen LogP contribution in [-0.4, -0.2) is 33.4 Å². The first-order valence-electron chi connectivity index (χ1n) is 12.0. The minimum absolute atomic E-state index is 0.0306. The van der Waals surface area contributed by atoms with Crippen molar-refractivity contribution >= 4 is 34.1 Å². The molecule has 2 aliphatic rings. The highest BCUT2D eigenvalue weighted by Gasteiger charge is 2.34. The van der Waals surface area contributed by atoms with E-state index in [0.29, 0.717) is 35.0 Å². The number of amides is 1. The van der Waals surface area contributed by atoms with Crippen LogP contribution in [0.25, 0.3) is 10.9 Å². The number of fused-ring (bicyclic) bond motifs is 2. The zero-order valence-corrected chi connectivity index (χ0v) is 19.8. The van der Waals surface area contributed by atoms with Crippen LogP contribution in [0, 0.1) is 11.8 Å². The number of imidazole rings is 1. The number of aryl methyl sites for hydroxylation is 1. The Labute approximate surface area is 206 Å². The van der Waals surface area contributed by atoms with Crippen molar-refractivity contribution in [1.82, 2.24) is 20.3 Å². The van der Waals surface area contributed by atoms with Crippen LogP contribution in [0.4, 0.5) is 18.9 Å². The fourth-order valence-electron chi connectivity index (χ4n) is 5.20. The van der Waals surface area contributed by atoms with Gasteiger partial charge in [0.15, 0.2) is 0 Å². The van der Waals surface area contributed by atoms with E-state index in [1.165, 1.54) is 12.1 Å². The van der Waals surface area contributed by atoms with E-state index in [1.54, 1.807) is 12.4 Å². The molecule has 186 valence electrons. The third-order valence-corrected chi connectivity index (χ3v) is 7.43. The first-order valence-corrected chi connectivity index (χ1v) is 12.4. The Morgan fingerprint density at radius 1 is 1.14 bits per heavy atom. The predicted octanol–water partition coefficient (Wildman–Crippen LogP) is 5.52. The third kappa shape index (κ3) is 5.39. The molecule has 1 amide bonds. The number of benzene rings is 1. The molecule has 1 saturated carbocycles. The van der Waals surface area contributed by atoms with Crippen molar-refractivity contribution in [3.8, 4) is 0 Å². The maximum Gasteiger partial charge on any atom is 0.433 e. The maximum atomic E-state index is 13.4. The number of hydrogen-bond donors (Lipinski definition) is 3. The monoisotopic (exact) mass is 505 g/mol. The maximum absolute atomic E-state index is 13.4. The van der Waals surface area contributed by atoms with E-state index in [4.69, 9.17) is 11.6 Å². The minimum atomic E-state index is -4.53. The van der Waals surface area contributed by atoms with Gasteiger partial charge in [-0.05, 0) is 68.7 Å². The van der Waals surface area contributed by atoms with E-state index >= 15 is 0 Å². The van der Waals surface area contributed by atoms with Crippen molar-refractivity contribution in [3.05, 3.63) is 52.7 Å². The summed E-state index contributed by atoms with van der Waals surface area (Å²) in [5.41, 5.74) is 1.84. The first-order chi connectivity index (χ1) is 16.8. The van der Waals surface area contributed by atoms with E-state index < -0.39 is 11.9 Å². The van der Waals surface area contributed by atoms with E-state index in [-0.39, 0.29) is 23.4 Å². The first kappa shape index (κ1) is 23.9. The average Bonchev–Trinajstić information content (AvgIpc) is 3.31. The number of nitrogens with one attached hydrogen (secondary N) is 3. The quantitative estimate of drug-likeness (QED) is 0.426. The van der Waals surface area contributed by atoms with Gasteiger partial charge in [0.2, 0.25) is 5.91 Å². The van der Waals surface area contributed by atoms with Crippen molar-refractivity contribution in [3.63, 3.8) is 0 Å². The molecule has 2 aliphatic carbocycles. The molecule has 5 rings (SSSR count). The molecule has 0 radical (unpaired) electrons. The largest absolute Gasteiger partial charge is 0.433 e. The lowest BCUT2D eigenvalue weighted by atomic mass is 9.84. The summed E-state index contributed by atoms with van der Waals surface area (Å²) in [6, 6.07) is 5.87. The number of aromatic amines is 1. The Kier molecular flexibility index (Phi) is 6.61. The smallest absolute Gasteiger partial charge is 0.384 e. The normalized spacial score (nSPS) is 22.6. The van der Waals surface area contributed by atoms with Crippen LogP contribution < -0.4 is 10.6 Å². The molecule has 1 unspecified atom stereocenters. The highest BCUT2D eigenvalue weighted by atomic mass is 35.5.